The van der Waals surface area contributed by atoms with Gasteiger partial charge in [-0.05, 0) is 32.0 Å². The SMILES string of the molecule is O=C(CCC(F)(F)F)NC[C@@H](c1ccccc1F)N1CCCC1. The number of nitrogens with one attached hydrogen (secondary N) is 1. The molecule has 1 N–H and O–H groups in total. The van der Waals surface area contributed by atoms with Crippen molar-refractivity contribution in [2.24, 2.45) is 0 Å². The third-order valence-corrected chi connectivity index (χ3v) is 3.97. The molecule has 0 bridgehead atoms. The Hall–Kier alpha value is -1.63. The molecule has 1 fully saturated rings. The summed E-state index contributed by atoms with van der Waals surface area (Å²) in [7, 11) is 0. The van der Waals surface area contributed by atoms with E-state index in [9.17, 15) is 22.4 Å². The lowest BCUT2D eigenvalue weighted by Crippen LogP contribution is -2.37. The van der Waals surface area contributed by atoms with Crippen molar-refractivity contribution in [3.8, 4) is 0 Å². The van der Waals surface area contributed by atoms with Gasteiger partial charge in [0.05, 0.1) is 12.5 Å². The standard InChI is InChI=1S/C16H20F4N2O/c17-13-6-2-1-5-12(13)14(22-9-3-4-10-22)11-21-15(23)7-8-16(18,19)20/h1-2,5-6,14H,3-4,7-11H2,(H,21,23)/t14-/m0/s1. The van der Waals surface area contributed by atoms with E-state index in [4.69, 9.17) is 0 Å². The molecule has 1 atom stereocenters. The van der Waals surface area contributed by atoms with Crippen LogP contribution in [0, 0.1) is 5.82 Å². The van der Waals surface area contributed by atoms with E-state index < -0.39 is 24.9 Å². The number of hydrogen-bond donors (Lipinski definition) is 1. The summed E-state index contributed by atoms with van der Waals surface area (Å²) in [4.78, 5) is 13.7. The Balaban J connectivity index is 1.98. The number of nitrogens with zero attached hydrogens (tertiary/aromatic N) is 1. The van der Waals surface area contributed by atoms with Crippen molar-refractivity contribution in [1.82, 2.24) is 10.2 Å². The Morgan fingerprint density at radius 1 is 1.22 bits per heavy atom. The monoisotopic (exact) mass is 332 g/mol. The molecule has 1 heterocycles. The molecule has 23 heavy (non-hydrogen) atoms. The Kier molecular flexibility index (Phi) is 5.98. The summed E-state index contributed by atoms with van der Waals surface area (Å²) >= 11 is 0. The van der Waals surface area contributed by atoms with Crippen LogP contribution < -0.4 is 5.32 Å². The lowest BCUT2D eigenvalue weighted by molar-refractivity contribution is -0.144. The molecule has 0 radical (unpaired) electrons. The minimum Gasteiger partial charge on any atom is -0.354 e. The molecule has 128 valence electrons. The molecule has 0 saturated carbocycles. The molecule has 0 aliphatic carbocycles. The molecular weight excluding hydrogens is 312 g/mol. The summed E-state index contributed by atoms with van der Waals surface area (Å²) in [5.74, 6) is -1.03. The van der Waals surface area contributed by atoms with Crippen LogP contribution in [0.25, 0.3) is 0 Å². The number of halogens is 4. The number of rotatable bonds is 6. The maximum Gasteiger partial charge on any atom is 0.389 e. The van der Waals surface area contributed by atoms with Crippen molar-refractivity contribution >= 4 is 5.91 Å². The van der Waals surface area contributed by atoms with Gasteiger partial charge in [0, 0.05) is 18.5 Å². The first-order valence-electron chi connectivity index (χ1n) is 7.69. The van der Waals surface area contributed by atoms with E-state index in [0.717, 1.165) is 25.9 Å². The van der Waals surface area contributed by atoms with Crippen LogP contribution in [-0.2, 0) is 4.79 Å². The molecular formula is C16H20F4N2O. The average Bonchev–Trinajstić information content (AvgIpc) is 3.00. The van der Waals surface area contributed by atoms with E-state index in [2.05, 4.69) is 10.2 Å². The van der Waals surface area contributed by atoms with Gasteiger partial charge in [-0.25, -0.2) is 4.39 Å². The van der Waals surface area contributed by atoms with Gasteiger partial charge >= 0.3 is 6.18 Å². The van der Waals surface area contributed by atoms with Gasteiger partial charge in [-0.15, -0.1) is 0 Å². The fourth-order valence-corrected chi connectivity index (χ4v) is 2.79. The molecule has 1 saturated heterocycles. The maximum atomic E-state index is 14.0. The molecule has 2 rings (SSSR count). The zero-order valence-corrected chi connectivity index (χ0v) is 12.7. The molecule has 1 aromatic rings. The van der Waals surface area contributed by atoms with Gasteiger partial charge in [0.15, 0.2) is 0 Å². The fourth-order valence-electron chi connectivity index (χ4n) is 2.79. The predicted octanol–water partition coefficient (Wildman–Crippen LogP) is 3.42. The van der Waals surface area contributed by atoms with Crippen LogP contribution in [0.2, 0.25) is 0 Å². The van der Waals surface area contributed by atoms with Gasteiger partial charge in [-0.3, -0.25) is 9.69 Å². The van der Waals surface area contributed by atoms with E-state index in [1.54, 1.807) is 18.2 Å². The molecule has 3 nitrogen and oxygen atoms in total. The van der Waals surface area contributed by atoms with Crippen LogP contribution in [0.1, 0.15) is 37.3 Å². The second-order valence-corrected chi connectivity index (χ2v) is 5.70. The zero-order valence-electron chi connectivity index (χ0n) is 12.7. The smallest absolute Gasteiger partial charge is 0.354 e. The fraction of sp³-hybridized carbons (Fsp3) is 0.562. The first kappa shape index (κ1) is 17.7. The van der Waals surface area contributed by atoms with Crippen LogP contribution >= 0.6 is 0 Å². The second-order valence-electron chi connectivity index (χ2n) is 5.70. The predicted molar refractivity (Wildman–Crippen MR) is 78.2 cm³/mol. The van der Waals surface area contributed by atoms with E-state index in [0.29, 0.717) is 5.56 Å². The van der Waals surface area contributed by atoms with Crippen molar-refractivity contribution in [3.05, 3.63) is 35.6 Å². The number of likely N-dealkylation sites (tertiary alicyclic amines) is 1. The first-order chi connectivity index (χ1) is 10.9. The Morgan fingerprint density at radius 2 is 1.87 bits per heavy atom. The molecule has 7 heteroatoms. The number of benzene rings is 1. The highest BCUT2D eigenvalue weighted by Crippen LogP contribution is 2.26. The minimum atomic E-state index is -4.35. The normalized spacial score (nSPS) is 17.2. The summed E-state index contributed by atoms with van der Waals surface area (Å²) in [5, 5.41) is 2.51. The van der Waals surface area contributed by atoms with Crippen molar-refractivity contribution in [2.45, 2.75) is 37.9 Å². The molecule has 0 aromatic heterocycles. The van der Waals surface area contributed by atoms with Gasteiger partial charge in [0.1, 0.15) is 5.82 Å². The molecule has 1 aliphatic heterocycles. The highest BCUT2D eigenvalue weighted by atomic mass is 19.4. The third kappa shape index (κ3) is 5.49. The molecule has 1 aromatic carbocycles. The summed E-state index contributed by atoms with van der Waals surface area (Å²) < 4.78 is 50.5. The Bertz CT molecular complexity index is 527. The third-order valence-electron chi connectivity index (χ3n) is 3.97. The van der Waals surface area contributed by atoms with Crippen LogP contribution in [0.5, 0.6) is 0 Å². The van der Waals surface area contributed by atoms with Gasteiger partial charge in [-0.2, -0.15) is 13.2 Å². The van der Waals surface area contributed by atoms with E-state index in [-0.39, 0.29) is 18.4 Å². The summed E-state index contributed by atoms with van der Waals surface area (Å²) in [6.45, 7) is 1.69. The van der Waals surface area contributed by atoms with Crippen molar-refractivity contribution in [1.29, 1.82) is 0 Å². The van der Waals surface area contributed by atoms with Crippen LogP contribution in [-0.4, -0.2) is 36.6 Å². The zero-order chi connectivity index (χ0) is 16.9. The van der Waals surface area contributed by atoms with Gasteiger partial charge in [0.2, 0.25) is 5.91 Å². The van der Waals surface area contributed by atoms with E-state index in [1.165, 1.54) is 6.07 Å². The molecule has 1 amide bonds. The Morgan fingerprint density at radius 3 is 2.48 bits per heavy atom. The van der Waals surface area contributed by atoms with Crippen molar-refractivity contribution in [3.63, 3.8) is 0 Å². The molecule has 0 unspecified atom stereocenters. The molecule has 0 spiro atoms. The van der Waals surface area contributed by atoms with E-state index >= 15 is 0 Å². The highest BCUT2D eigenvalue weighted by molar-refractivity contribution is 5.75. The van der Waals surface area contributed by atoms with Crippen LogP contribution in [0.15, 0.2) is 24.3 Å². The average molecular weight is 332 g/mol. The van der Waals surface area contributed by atoms with E-state index in [1.807, 2.05) is 0 Å². The number of amides is 1. The topological polar surface area (TPSA) is 32.3 Å². The van der Waals surface area contributed by atoms with Crippen LogP contribution in [0.4, 0.5) is 17.6 Å². The number of alkyl halides is 3. The van der Waals surface area contributed by atoms with Gasteiger partial charge in [-0.1, -0.05) is 18.2 Å². The maximum absolute atomic E-state index is 14.0. The highest BCUT2D eigenvalue weighted by Gasteiger charge is 2.29. The number of carbonyl (C=O) groups is 1. The molecule has 1 aliphatic rings. The summed E-state index contributed by atoms with van der Waals surface area (Å²) in [6, 6.07) is 5.95. The quantitative estimate of drug-likeness (QED) is 0.810. The minimum absolute atomic E-state index is 0.109. The lowest BCUT2D eigenvalue weighted by Gasteiger charge is -2.28. The van der Waals surface area contributed by atoms with Gasteiger partial charge in [0.25, 0.3) is 0 Å². The van der Waals surface area contributed by atoms with Crippen LogP contribution in [0.3, 0.4) is 0 Å². The number of carbonyl (C=O) groups excluding carboxylic acids is 1. The summed E-state index contributed by atoms with van der Waals surface area (Å²) in [6.07, 6.45) is -4.11. The van der Waals surface area contributed by atoms with Crippen molar-refractivity contribution < 1.29 is 22.4 Å². The Labute approximate surface area is 132 Å². The van der Waals surface area contributed by atoms with Crippen molar-refractivity contribution in [2.75, 3.05) is 19.6 Å². The summed E-state index contributed by atoms with van der Waals surface area (Å²) in [5.41, 5.74) is 0.463. The largest absolute Gasteiger partial charge is 0.389 e. The second kappa shape index (κ2) is 7.77. The van der Waals surface area contributed by atoms with Gasteiger partial charge < -0.3 is 5.32 Å². The first-order valence-corrected chi connectivity index (χ1v) is 7.69. The number of hydrogen-bond acceptors (Lipinski definition) is 2. The lowest BCUT2D eigenvalue weighted by atomic mass is 10.0.